The summed E-state index contributed by atoms with van der Waals surface area (Å²) in [6, 6.07) is 0.468. The molecule has 0 aromatic heterocycles. The molecule has 0 radical (unpaired) electrons. The van der Waals surface area contributed by atoms with Gasteiger partial charge in [-0.25, -0.2) is 0 Å². The fourth-order valence-electron chi connectivity index (χ4n) is 1.35. The highest BCUT2D eigenvalue weighted by molar-refractivity contribution is 5.52. The normalized spacial score (nSPS) is 28.8. The van der Waals surface area contributed by atoms with Crippen LogP contribution in [0.3, 0.4) is 0 Å². The summed E-state index contributed by atoms with van der Waals surface area (Å²) in [4.78, 5) is 3.15. The van der Waals surface area contributed by atoms with Crippen molar-refractivity contribution < 1.29 is 4.99 Å². The van der Waals surface area contributed by atoms with Crippen LogP contribution in [0, 0.1) is 0 Å². The molecule has 10 heavy (non-hydrogen) atoms. The van der Waals surface area contributed by atoms with Crippen molar-refractivity contribution in [1.29, 1.82) is 0 Å². The van der Waals surface area contributed by atoms with E-state index in [1.807, 2.05) is 6.34 Å². The Balaban J connectivity index is 2.23. The molecule has 0 bridgehead atoms. The van der Waals surface area contributed by atoms with E-state index in [2.05, 4.69) is 28.5 Å². The van der Waals surface area contributed by atoms with Crippen LogP contribution < -0.4 is 10.3 Å². The Bertz CT molecular complexity index is 213. The van der Waals surface area contributed by atoms with E-state index in [0.717, 1.165) is 13.0 Å². The third-order valence-electron chi connectivity index (χ3n) is 1.92. The predicted octanol–water partition coefficient (Wildman–Crippen LogP) is -1.05. The highest BCUT2D eigenvalue weighted by Gasteiger charge is 2.18. The zero-order chi connectivity index (χ0) is 6.81. The van der Waals surface area contributed by atoms with E-state index in [1.165, 1.54) is 5.57 Å². The molecule has 1 aliphatic heterocycles. The second kappa shape index (κ2) is 2.29. The number of nitrogens with one attached hydrogen (secondary N) is 2. The molecule has 2 rings (SSSR count). The van der Waals surface area contributed by atoms with Crippen LogP contribution >= 0.6 is 0 Å². The zero-order valence-corrected chi connectivity index (χ0v) is 5.80. The number of hydrogen-bond donors (Lipinski definition) is 2. The Morgan fingerprint density at radius 2 is 2.60 bits per heavy atom. The van der Waals surface area contributed by atoms with E-state index in [-0.39, 0.29) is 0 Å². The largest absolute Gasteiger partial charge is 0.277 e. The average Bonchev–Trinajstić information content (AvgIpc) is 2.05. The fourth-order valence-corrected chi connectivity index (χ4v) is 1.35. The van der Waals surface area contributed by atoms with Gasteiger partial charge in [-0.3, -0.25) is 10.3 Å². The zero-order valence-electron chi connectivity index (χ0n) is 5.80. The summed E-state index contributed by atoms with van der Waals surface area (Å²) >= 11 is 0. The minimum atomic E-state index is 0.468. The highest BCUT2D eigenvalue weighted by atomic mass is 15.0. The maximum atomic E-state index is 3.23. The van der Waals surface area contributed by atoms with E-state index in [9.17, 15) is 0 Å². The Morgan fingerprint density at radius 1 is 1.60 bits per heavy atom. The lowest BCUT2D eigenvalue weighted by Crippen LogP contribution is -2.76. The smallest absolute Gasteiger partial charge is 0.230 e. The monoisotopic (exact) mass is 135 g/mol. The Morgan fingerprint density at radius 3 is 3.50 bits per heavy atom. The van der Waals surface area contributed by atoms with Crippen molar-refractivity contribution in [2.75, 3.05) is 6.54 Å². The third-order valence-corrected chi connectivity index (χ3v) is 1.92. The Kier molecular flexibility index (Phi) is 1.31. The molecule has 52 valence electrons. The minimum Gasteiger partial charge on any atom is -0.277 e. The first-order chi connectivity index (χ1) is 4.97. The molecule has 2 nitrogen and oxygen atoms in total. The van der Waals surface area contributed by atoms with E-state index in [1.54, 1.807) is 0 Å². The van der Waals surface area contributed by atoms with E-state index >= 15 is 0 Å². The van der Waals surface area contributed by atoms with E-state index in [0.29, 0.717) is 6.04 Å². The summed E-state index contributed by atoms with van der Waals surface area (Å²) in [5, 5.41) is 3.23. The van der Waals surface area contributed by atoms with Gasteiger partial charge in [0.1, 0.15) is 12.6 Å². The molecular weight excluding hydrogens is 124 g/mol. The quantitative estimate of drug-likeness (QED) is 0.407. The van der Waals surface area contributed by atoms with Gasteiger partial charge >= 0.3 is 0 Å². The van der Waals surface area contributed by atoms with Crippen molar-refractivity contribution in [2.45, 2.75) is 12.5 Å². The van der Waals surface area contributed by atoms with Crippen LogP contribution in [0.2, 0.25) is 0 Å². The second-order valence-corrected chi connectivity index (χ2v) is 2.61. The molecular formula is C8H11N2+. The summed E-state index contributed by atoms with van der Waals surface area (Å²) in [5.41, 5.74) is 1.46. The molecule has 0 spiro atoms. The van der Waals surface area contributed by atoms with Crippen molar-refractivity contribution in [3.63, 3.8) is 0 Å². The molecule has 2 heteroatoms. The van der Waals surface area contributed by atoms with Crippen LogP contribution in [0.5, 0.6) is 0 Å². The van der Waals surface area contributed by atoms with Crippen LogP contribution in [0.25, 0.3) is 0 Å². The lowest BCUT2D eigenvalue weighted by atomic mass is 10.00. The molecule has 1 atom stereocenters. The van der Waals surface area contributed by atoms with Gasteiger partial charge in [-0.15, -0.1) is 0 Å². The maximum absolute atomic E-state index is 3.23. The van der Waals surface area contributed by atoms with Crippen molar-refractivity contribution in [2.24, 2.45) is 0 Å². The number of rotatable bonds is 0. The number of allylic oxidation sites excluding steroid dienone is 2. The van der Waals surface area contributed by atoms with Crippen LogP contribution in [0.4, 0.5) is 0 Å². The third kappa shape index (κ3) is 0.856. The van der Waals surface area contributed by atoms with Gasteiger partial charge in [-0.1, -0.05) is 12.2 Å². The van der Waals surface area contributed by atoms with Gasteiger partial charge in [-0.05, 0) is 12.5 Å². The van der Waals surface area contributed by atoms with E-state index in [4.69, 9.17) is 0 Å². The van der Waals surface area contributed by atoms with Crippen molar-refractivity contribution >= 4 is 6.34 Å². The summed E-state index contributed by atoms with van der Waals surface area (Å²) in [6.07, 6.45) is 9.69. The summed E-state index contributed by atoms with van der Waals surface area (Å²) in [6.45, 7) is 1.00. The second-order valence-electron chi connectivity index (χ2n) is 2.61. The number of fused-ring (bicyclic) bond motifs is 1. The Labute approximate surface area is 60.3 Å². The van der Waals surface area contributed by atoms with Crippen LogP contribution in [-0.2, 0) is 0 Å². The van der Waals surface area contributed by atoms with Crippen molar-refractivity contribution in [1.82, 2.24) is 5.32 Å². The van der Waals surface area contributed by atoms with Gasteiger partial charge in [0, 0.05) is 5.57 Å². The van der Waals surface area contributed by atoms with Crippen molar-refractivity contribution in [3.05, 3.63) is 23.8 Å². The van der Waals surface area contributed by atoms with Gasteiger partial charge in [-0.2, -0.15) is 0 Å². The average molecular weight is 135 g/mol. The molecule has 0 aromatic carbocycles. The van der Waals surface area contributed by atoms with Gasteiger partial charge < -0.3 is 0 Å². The predicted molar refractivity (Wildman–Crippen MR) is 40.7 cm³/mol. The van der Waals surface area contributed by atoms with Gasteiger partial charge in [0.25, 0.3) is 0 Å². The molecule has 0 amide bonds. The summed E-state index contributed by atoms with van der Waals surface area (Å²) in [7, 11) is 0. The molecule has 1 heterocycles. The molecule has 1 unspecified atom stereocenters. The number of hydrogen-bond acceptors (Lipinski definition) is 1. The van der Waals surface area contributed by atoms with Crippen molar-refractivity contribution in [3.8, 4) is 0 Å². The molecule has 0 saturated heterocycles. The maximum Gasteiger partial charge on any atom is 0.230 e. The molecule has 0 aromatic rings. The fraction of sp³-hybridized carbons (Fsp3) is 0.375. The van der Waals surface area contributed by atoms with Gasteiger partial charge in [0.15, 0.2) is 0 Å². The SMILES string of the molecule is C1=CC2NC=[NH+]CC2=CC1. The summed E-state index contributed by atoms with van der Waals surface area (Å²) in [5.74, 6) is 0. The topological polar surface area (TPSA) is 26.0 Å². The molecule has 0 fully saturated rings. The Hall–Kier alpha value is -1.05. The molecule has 1 aliphatic carbocycles. The van der Waals surface area contributed by atoms with Crippen LogP contribution in [0.1, 0.15) is 6.42 Å². The van der Waals surface area contributed by atoms with Gasteiger partial charge in [0.05, 0.1) is 0 Å². The lowest BCUT2D eigenvalue weighted by molar-refractivity contribution is -0.448. The van der Waals surface area contributed by atoms with Gasteiger partial charge in [0.2, 0.25) is 6.34 Å². The minimum absolute atomic E-state index is 0.468. The lowest BCUT2D eigenvalue weighted by Gasteiger charge is -2.16. The molecule has 2 aliphatic rings. The first kappa shape index (κ1) is 5.71. The molecule has 2 N–H and O–H groups in total. The standard InChI is InChI=1S/C8H10N2/c1-2-4-8-7(3-1)5-9-6-10-8/h2-4,6,8H,1,5H2,(H,9,10)/p+1. The first-order valence-electron chi connectivity index (χ1n) is 3.63. The first-order valence-corrected chi connectivity index (χ1v) is 3.63. The van der Waals surface area contributed by atoms with Crippen LogP contribution in [-0.4, -0.2) is 18.9 Å². The highest BCUT2D eigenvalue weighted by Crippen LogP contribution is 2.09. The van der Waals surface area contributed by atoms with Crippen LogP contribution in [0.15, 0.2) is 23.8 Å². The van der Waals surface area contributed by atoms with E-state index < -0.39 is 0 Å². The molecule has 0 saturated carbocycles. The summed E-state index contributed by atoms with van der Waals surface area (Å²) < 4.78 is 0.